The van der Waals surface area contributed by atoms with Crippen LogP contribution in [0.1, 0.15) is 40.0 Å². The summed E-state index contributed by atoms with van der Waals surface area (Å²) < 4.78 is 0. The minimum absolute atomic E-state index is 0.0819. The van der Waals surface area contributed by atoms with Gasteiger partial charge in [-0.1, -0.05) is 20.8 Å². The Bertz CT molecular complexity index is 364. The average Bonchev–Trinajstić information content (AvgIpc) is 2.37. The van der Waals surface area contributed by atoms with E-state index in [-0.39, 0.29) is 17.9 Å². The second kappa shape index (κ2) is 9.33. The normalized spacial score (nSPS) is 12.6. The molecule has 0 aromatic heterocycles. The Balaban J connectivity index is 4.03. The van der Waals surface area contributed by atoms with Crippen LogP contribution in [-0.2, 0) is 14.4 Å². The monoisotopic (exact) mass is 301 g/mol. The van der Waals surface area contributed by atoms with Crippen molar-refractivity contribution in [3.8, 4) is 0 Å². The summed E-state index contributed by atoms with van der Waals surface area (Å²) in [6.45, 7) is 6.28. The SMILES string of the molecule is CC(C)(C)C(CCN)CCC(=O)NCC(=O)NCC(=O)O. The first kappa shape index (κ1) is 19.4. The first-order valence-electron chi connectivity index (χ1n) is 7.12. The van der Waals surface area contributed by atoms with Crippen molar-refractivity contribution < 1.29 is 19.5 Å². The fraction of sp³-hybridized carbons (Fsp3) is 0.786. The molecule has 0 aromatic rings. The van der Waals surface area contributed by atoms with Gasteiger partial charge in [-0.2, -0.15) is 0 Å². The number of carbonyl (C=O) groups excluding carboxylic acids is 2. The molecule has 0 saturated heterocycles. The van der Waals surface area contributed by atoms with Gasteiger partial charge in [-0.15, -0.1) is 0 Å². The molecule has 21 heavy (non-hydrogen) atoms. The first-order chi connectivity index (χ1) is 9.66. The van der Waals surface area contributed by atoms with E-state index in [9.17, 15) is 14.4 Å². The lowest BCUT2D eigenvalue weighted by atomic mass is 9.76. The maximum atomic E-state index is 11.7. The molecule has 5 N–H and O–H groups in total. The lowest BCUT2D eigenvalue weighted by Crippen LogP contribution is -2.39. The molecular weight excluding hydrogens is 274 g/mol. The van der Waals surface area contributed by atoms with Crippen molar-refractivity contribution >= 4 is 17.8 Å². The third-order valence-electron chi connectivity index (χ3n) is 3.34. The molecule has 0 heterocycles. The molecule has 0 rings (SSSR count). The molecule has 0 fully saturated rings. The van der Waals surface area contributed by atoms with Crippen molar-refractivity contribution in [2.45, 2.75) is 40.0 Å². The topological polar surface area (TPSA) is 122 Å². The summed E-state index contributed by atoms with van der Waals surface area (Å²) in [5.41, 5.74) is 5.67. The Morgan fingerprint density at radius 1 is 1.05 bits per heavy atom. The van der Waals surface area contributed by atoms with Crippen molar-refractivity contribution in [3.05, 3.63) is 0 Å². The molecule has 122 valence electrons. The molecule has 1 unspecified atom stereocenters. The number of rotatable bonds is 9. The van der Waals surface area contributed by atoms with Crippen molar-refractivity contribution in [3.63, 3.8) is 0 Å². The van der Waals surface area contributed by atoms with Gasteiger partial charge in [0.2, 0.25) is 11.8 Å². The van der Waals surface area contributed by atoms with Crippen LogP contribution in [0.25, 0.3) is 0 Å². The Kier molecular flexibility index (Phi) is 8.61. The van der Waals surface area contributed by atoms with E-state index in [1.54, 1.807) is 0 Å². The Labute approximate surface area is 125 Å². The summed E-state index contributed by atoms with van der Waals surface area (Å²) >= 11 is 0. The standard InChI is InChI=1S/C14H27N3O4/c1-14(2,3)10(6-7-15)4-5-11(18)16-8-12(19)17-9-13(20)21/h10H,4-9,15H2,1-3H3,(H,16,18)(H,17,19)(H,20,21). The number of amides is 2. The van der Waals surface area contributed by atoms with E-state index in [0.717, 1.165) is 6.42 Å². The molecule has 0 aromatic carbocycles. The van der Waals surface area contributed by atoms with Crippen molar-refractivity contribution in [1.29, 1.82) is 0 Å². The largest absolute Gasteiger partial charge is 0.480 e. The van der Waals surface area contributed by atoms with Gasteiger partial charge in [-0.3, -0.25) is 14.4 Å². The molecule has 0 radical (unpaired) electrons. The summed E-state index contributed by atoms with van der Waals surface area (Å²) in [7, 11) is 0. The molecule has 0 aliphatic heterocycles. The molecule has 7 heteroatoms. The van der Waals surface area contributed by atoms with E-state index in [4.69, 9.17) is 10.8 Å². The number of nitrogens with two attached hydrogens (primary N) is 1. The van der Waals surface area contributed by atoms with E-state index < -0.39 is 18.4 Å². The van der Waals surface area contributed by atoms with Gasteiger partial charge >= 0.3 is 5.97 Å². The summed E-state index contributed by atoms with van der Waals surface area (Å²) in [5.74, 6) is -1.51. The number of carboxylic acid groups (broad SMARTS) is 1. The number of hydrogen-bond donors (Lipinski definition) is 4. The van der Waals surface area contributed by atoms with Crippen molar-refractivity contribution in [2.24, 2.45) is 17.1 Å². The maximum absolute atomic E-state index is 11.7. The highest BCUT2D eigenvalue weighted by Gasteiger charge is 2.24. The van der Waals surface area contributed by atoms with Crippen LogP contribution in [0, 0.1) is 11.3 Å². The van der Waals surface area contributed by atoms with Gasteiger partial charge < -0.3 is 21.5 Å². The number of nitrogens with one attached hydrogen (secondary N) is 2. The summed E-state index contributed by atoms with van der Waals surface area (Å²) in [6, 6.07) is 0. The molecule has 2 amide bonds. The van der Waals surface area contributed by atoms with E-state index in [1.807, 2.05) is 0 Å². The van der Waals surface area contributed by atoms with Gasteiger partial charge in [0.05, 0.1) is 6.54 Å². The number of carboxylic acids is 1. The Hall–Kier alpha value is -1.63. The average molecular weight is 301 g/mol. The van der Waals surface area contributed by atoms with Gasteiger partial charge in [-0.05, 0) is 30.7 Å². The third-order valence-corrected chi connectivity index (χ3v) is 3.34. The molecule has 0 aliphatic rings. The molecule has 0 saturated carbocycles. The molecular formula is C14H27N3O4. The van der Waals surface area contributed by atoms with Gasteiger partial charge in [0.25, 0.3) is 0 Å². The second-order valence-electron chi connectivity index (χ2n) is 6.13. The van der Waals surface area contributed by atoms with Gasteiger partial charge in [0.1, 0.15) is 6.54 Å². The molecule has 0 aliphatic carbocycles. The fourth-order valence-electron chi connectivity index (χ4n) is 2.02. The van der Waals surface area contributed by atoms with Gasteiger partial charge in [0.15, 0.2) is 0 Å². The van der Waals surface area contributed by atoms with E-state index >= 15 is 0 Å². The van der Waals surface area contributed by atoms with Crippen molar-refractivity contribution in [2.75, 3.05) is 19.6 Å². The maximum Gasteiger partial charge on any atom is 0.322 e. The van der Waals surface area contributed by atoms with Crippen LogP contribution in [0.4, 0.5) is 0 Å². The van der Waals surface area contributed by atoms with Crippen LogP contribution in [0.5, 0.6) is 0 Å². The third kappa shape index (κ3) is 9.84. The van der Waals surface area contributed by atoms with Gasteiger partial charge in [0, 0.05) is 6.42 Å². The summed E-state index contributed by atoms with van der Waals surface area (Å²) in [4.78, 5) is 33.2. The highest BCUT2D eigenvalue weighted by Crippen LogP contribution is 2.31. The van der Waals surface area contributed by atoms with Crippen LogP contribution in [0.2, 0.25) is 0 Å². The van der Waals surface area contributed by atoms with Crippen LogP contribution in [0.3, 0.4) is 0 Å². The Morgan fingerprint density at radius 3 is 2.10 bits per heavy atom. The van der Waals surface area contributed by atoms with Crippen LogP contribution in [0.15, 0.2) is 0 Å². The molecule has 1 atom stereocenters. The smallest absolute Gasteiger partial charge is 0.322 e. The summed E-state index contributed by atoms with van der Waals surface area (Å²) in [5, 5.41) is 13.1. The van der Waals surface area contributed by atoms with E-state index in [2.05, 4.69) is 31.4 Å². The zero-order chi connectivity index (χ0) is 16.5. The minimum atomic E-state index is -1.12. The lowest BCUT2D eigenvalue weighted by molar-refractivity contribution is -0.137. The Morgan fingerprint density at radius 2 is 1.62 bits per heavy atom. The van der Waals surface area contributed by atoms with E-state index in [1.165, 1.54) is 0 Å². The number of aliphatic carboxylic acids is 1. The van der Waals surface area contributed by atoms with Gasteiger partial charge in [-0.25, -0.2) is 0 Å². The highest BCUT2D eigenvalue weighted by atomic mass is 16.4. The zero-order valence-corrected chi connectivity index (χ0v) is 13.1. The number of hydrogen-bond acceptors (Lipinski definition) is 4. The highest BCUT2D eigenvalue weighted by molar-refractivity contribution is 5.86. The summed E-state index contributed by atoms with van der Waals surface area (Å²) in [6.07, 6.45) is 1.90. The van der Waals surface area contributed by atoms with Crippen molar-refractivity contribution in [1.82, 2.24) is 10.6 Å². The lowest BCUT2D eigenvalue weighted by Gasteiger charge is -2.30. The van der Waals surface area contributed by atoms with Crippen LogP contribution in [-0.4, -0.2) is 42.5 Å². The quantitative estimate of drug-likeness (QED) is 0.481. The predicted molar refractivity (Wildman–Crippen MR) is 79.5 cm³/mol. The molecule has 0 spiro atoms. The zero-order valence-electron chi connectivity index (χ0n) is 13.1. The molecule has 0 bridgehead atoms. The fourth-order valence-corrected chi connectivity index (χ4v) is 2.02. The number of carbonyl (C=O) groups is 3. The molecule has 7 nitrogen and oxygen atoms in total. The first-order valence-corrected chi connectivity index (χ1v) is 7.12. The van der Waals surface area contributed by atoms with Crippen LogP contribution < -0.4 is 16.4 Å². The minimum Gasteiger partial charge on any atom is -0.480 e. The van der Waals surface area contributed by atoms with Crippen LogP contribution >= 0.6 is 0 Å². The van der Waals surface area contributed by atoms with E-state index in [0.29, 0.717) is 25.3 Å². The second-order valence-corrected chi connectivity index (χ2v) is 6.13. The predicted octanol–water partition coefficient (Wildman–Crippen LogP) is 0.0947.